The van der Waals surface area contributed by atoms with E-state index in [2.05, 4.69) is 73.0 Å². The molecule has 2 aromatic carbocycles. The third kappa shape index (κ3) is 5.75. The predicted octanol–water partition coefficient (Wildman–Crippen LogP) is 4.84. The molecular weight excluding hydrogens is 376 g/mol. The van der Waals surface area contributed by atoms with E-state index < -0.39 is 0 Å². The van der Waals surface area contributed by atoms with E-state index in [0.29, 0.717) is 0 Å². The van der Waals surface area contributed by atoms with Gasteiger partial charge in [-0.3, -0.25) is 0 Å². The van der Waals surface area contributed by atoms with Crippen LogP contribution in [0.3, 0.4) is 0 Å². The fourth-order valence-corrected chi connectivity index (χ4v) is 5.73. The molecule has 0 saturated heterocycles. The van der Waals surface area contributed by atoms with E-state index in [-0.39, 0.29) is 20.9 Å². The van der Waals surface area contributed by atoms with Crippen molar-refractivity contribution >= 4 is 36.3 Å². The molecule has 0 saturated carbocycles. The van der Waals surface area contributed by atoms with Gasteiger partial charge in [0.15, 0.2) is 0 Å². The third-order valence-electron chi connectivity index (χ3n) is 2.84. The third-order valence-corrected chi connectivity index (χ3v) is 7.37. The molecule has 20 heavy (non-hydrogen) atoms. The quantitative estimate of drug-likeness (QED) is 0.477. The van der Waals surface area contributed by atoms with Crippen molar-refractivity contribution in [3.8, 4) is 0 Å². The molecule has 2 aromatic rings. The van der Waals surface area contributed by atoms with Crippen molar-refractivity contribution < 1.29 is 0 Å². The van der Waals surface area contributed by atoms with Crippen molar-refractivity contribution in [2.45, 2.75) is 31.1 Å². The van der Waals surface area contributed by atoms with Gasteiger partial charge in [-0.25, -0.2) is 0 Å². The molecule has 0 unspecified atom stereocenters. The van der Waals surface area contributed by atoms with Crippen LogP contribution in [-0.4, -0.2) is 20.9 Å². The van der Waals surface area contributed by atoms with E-state index in [1.54, 1.807) is 3.62 Å². The first-order valence-electron chi connectivity index (χ1n) is 7.02. The number of rotatable bonds is 7. The normalized spacial score (nSPS) is 11.6. The molecule has 0 N–H and O–H groups in total. The Balaban J connectivity index is 2.02. The zero-order chi connectivity index (χ0) is 14.0. The van der Waals surface area contributed by atoms with Crippen molar-refractivity contribution in [3.05, 3.63) is 69.7 Å². The fourth-order valence-electron chi connectivity index (χ4n) is 1.76. The average Bonchev–Trinajstić information content (AvgIpc) is 2.52. The van der Waals surface area contributed by atoms with Crippen LogP contribution in [0.5, 0.6) is 0 Å². The van der Waals surface area contributed by atoms with Crippen molar-refractivity contribution in [2.24, 2.45) is 0 Å². The zero-order valence-electron chi connectivity index (χ0n) is 11.8. The molecule has 0 amide bonds. The van der Waals surface area contributed by atoms with Gasteiger partial charge in [0, 0.05) is 0 Å². The molecule has 0 heterocycles. The summed E-state index contributed by atoms with van der Waals surface area (Å²) >= 11 is 1.66. The molecule has 0 aliphatic rings. The molecule has 0 radical (unpaired) electrons. The second-order valence-corrected chi connectivity index (χ2v) is 8.90. The van der Waals surface area contributed by atoms with Gasteiger partial charge in [-0.2, -0.15) is 0 Å². The summed E-state index contributed by atoms with van der Waals surface area (Å²) in [5, 5.41) is 2.40. The Kier molecular flexibility index (Phi) is 7.30. The summed E-state index contributed by atoms with van der Waals surface area (Å²) in [6.07, 6.45) is 3.83. The van der Waals surface area contributed by atoms with Gasteiger partial charge in [0.1, 0.15) is 0 Å². The van der Waals surface area contributed by atoms with E-state index in [9.17, 15) is 0 Å². The molecule has 104 valence electrons. The van der Waals surface area contributed by atoms with Gasteiger partial charge in [0.25, 0.3) is 0 Å². The first-order valence-corrected chi connectivity index (χ1v) is 10.2. The monoisotopic (exact) mass is 398 g/mol. The van der Waals surface area contributed by atoms with Crippen LogP contribution in [0.15, 0.2) is 74.6 Å². The first kappa shape index (κ1) is 15.7. The van der Waals surface area contributed by atoms with Crippen LogP contribution in [0.25, 0.3) is 0 Å². The summed E-state index contributed by atoms with van der Waals surface area (Å²) in [6, 6.07) is 21.6. The van der Waals surface area contributed by atoms with Crippen LogP contribution in [0.2, 0.25) is 0 Å². The predicted molar refractivity (Wildman–Crippen MR) is 91.7 cm³/mol. The molecule has 0 fully saturated rings. The van der Waals surface area contributed by atoms with Gasteiger partial charge in [0.2, 0.25) is 0 Å². The summed E-state index contributed by atoms with van der Waals surface area (Å²) in [5.74, 6) is 0. The van der Waals surface area contributed by atoms with Crippen LogP contribution >= 0.6 is 11.8 Å². The van der Waals surface area contributed by atoms with E-state index in [0.717, 1.165) is 0 Å². The molecule has 2 heteroatoms. The van der Waals surface area contributed by atoms with Crippen LogP contribution in [0.1, 0.15) is 26.2 Å². The van der Waals surface area contributed by atoms with Gasteiger partial charge in [-0.15, -0.1) is 0 Å². The number of thioether (sulfide) groups is 1. The minimum atomic E-state index is -0.206. The summed E-state index contributed by atoms with van der Waals surface area (Å²) in [7, 11) is 0. The van der Waals surface area contributed by atoms with Crippen LogP contribution < -0.4 is 3.61 Å². The van der Waals surface area contributed by atoms with Crippen LogP contribution in [0.4, 0.5) is 0 Å². The summed E-state index contributed by atoms with van der Waals surface area (Å²) in [6.45, 7) is 2.27. The molecule has 0 nitrogen and oxygen atoms in total. The second-order valence-electron chi connectivity index (χ2n) is 4.53. The van der Waals surface area contributed by atoms with Gasteiger partial charge in [-0.1, -0.05) is 0 Å². The summed E-state index contributed by atoms with van der Waals surface area (Å²) in [5.41, 5.74) is 0. The molecule has 0 spiro atoms. The molecule has 0 atom stereocenters. The number of unbranched alkanes of at least 4 members (excludes halogenated alkanes) is 1. The molecular formula is C18H20STe. The summed E-state index contributed by atoms with van der Waals surface area (Å²) in [4.78, 5) is 1.34. The molecule has 0 aliphatic carbocycles. The van der Waals surface area contributed by atoms with Gasteiger partial charge in [-0.05, 0) is 0 Å². The Bertz CT molecular complexity index is 520. The number of benzene rings is 2. The number of allylic oxidation sites excluding steroid dienone is 1. The van der Waals surface area contributed by atoms with Crippen LogP contribution in [-0.2, 0) is 0 Å². The Hall–Kier alpha value is -0.680. The Labute approximate surface area is 136 Å². The van der Waals surface area contributed by atoms with E-state index in [1.165, 1.54) is 27.8 Å². The van der Waals surface area contributed by atoms with Crippen molar-refractivity contribution in [3.63, 3.8) is 0 Å². The second kappa shape index (κ2) is 9.29. The maximum atomic E-state index is 2.40. The average molecular weight is 396 g/mol. The SMILES string of the molecule is CCCC/C(=C/Sc1ccccc1)[Te]c1ccccc1. The molecule has 0 aromatic heterocycles. The standard InChI is InChI=1S/C18H20STe/c1-2-3-12-18(20-17-13-8-5-9-14-17)15-19-16-10-6-4-7-11-16/h4-11,13-15H,2-3,12H2,1H3/b18-15-. The number of hydrogen-bond acceptors (Lipinski definition) is 1. The zero-order valence-corrected chi connectivity index (χ0v) is 14.9. The minimum absolute atomic E-state index is 0.206. The van der Waals surface area contributed by atoms with Gasteiger partial charge in [0.05, 0.1) is 0 Å². The molecule has 2 rings (SSSR count). The van der Waals surface area contributed by atoms with Crippen molar-refractivity contribution in [1.82, 2.24) is 0 Å². The molecule has 0 bridgehead atoms. The van der Waals surface area contributed by atoms with Gasteiger partial charge >= 0.3 is 137 Å². The fraction of sp³-hybridized carbons (Fsp3) is 0.222. The Morgan fingerprint density at radius 3 is 2.30 bits per heavy atom. The van der Waals surface area contributed by atoms with Crippen molar-refractivity contribution in [2.75, 3.05) is 0 Å². The maximum absolute atomic E-state index is 2.40. The first-order chi connectivity index (χ1) is 9.88. The van der Waals surface area contributed by atoms with Crippen molar-refractivity contribution in [1.29, 1.82) is 0 Å². The number of hydrogen-bond donors (Lipinski definition) is 0. The van der Waals surface area contributed by atoms with Gasteiger partial charge < -0.3 is 0 Å². The topological polar surface area (TPSA) is 0 Å². The molecule has 0 aliphatic heterocycles. The van der Waals surface area contributed by atoms with Crippen LogP contribution in [0, 0.1) is 0 Å². The van der Waals surface area contributed by atoms with E-state index in [4.69, 9.17) is 0 Å². The van der Waals surface area contributed by atoms with E-state index in [1.807, 2.05) is 11.8 Å². The summed E-state index contributed by atoms with van der Waals surface area (Å²) < 4.78 is 3.20. The Morgan fingerprint density at radius 1 is 1.00 bits per heavy atom. The Morgan fingerprint density at radius 2 is 1.65 bits per heavy atom. The van der Waals surface area contributed by atoms with E-state index >= 15 is 0 Å².